The molecule has 0 aromatic heterocycles. The van der Waals surface area contributed by atoms with Crippen molar-refractivity contribution in [2.45, 2.75) is 51.1 Å². The lowest BCUT2D eigenvalue weighted by Crippen LogP contribution is -2.53. The summed E-state index contributed by atoms with van der Waals surface area (Å²) in [7, 11) is -4.05. The lowest BCUT2D eigenvalue weighted by molar-refractivity contribution is -0.139. The summed E-state index contributed by atoms with van der Waals surface area (Å²) in [5, 5.41) is 2.86. The van der Waals surface area contributed by atoms with Crippen molar-refractivity contribution in [3.63, 3.8) is 0 Å². The monoisotopic (exact) mass is 521 g/mol. The molecule has 1 N–H and O–H groups in total. The third kappa shape index (κ3) is 7.20. The first-order valence-corrected chi connectivity index (χ1v) is 13.8. The highest BCUT2D eigenvalue weighted by Crippen LogP contribution is 2.27. The largest absolute Gasteiger partial charge is 0.352 e. The van der Waals surface area contributed by atoms with Crippen LogP contribution in [0.1, 0.15) is 31.9 Å². The number of carbonyl (C=O) groups excluding carboxylic acids is 2. The van der Waals surface area contributed by atoms with Crippen LogP contribution in [0.3, 0.4) is 0 Å². The third-order valence-corrected chi connectivity index (χ3v) is 7.85. The number of hydrogen-bond donors (Lipinski definition) is 1. The van der Waals surface area contributed by atoms with Crippen LogP contribution < -0.4 is 9.62 Å². The minimum atomic E-state index is -4.05. The second-order valence-corrected chi connectivity index (χ2v) is 11.1. The van der Waals surface area contributed by atoms with Crippen LogP contribution in [0.5, 0.6) is 0 Å². The number of sulfonamides is 1. The van der Waals surface area contributed by atoms with Crippen LogP contribution in [0.25, 0.3) is 0 Å². The Morgan fingerprint density at radius 1 is 0.838 bits per heavy atom. The van der Waals surface area contributed by atoms with Gasteiger partial charge in [-0.3, -0.25) is 13.9 Å². The Kier molecular flexibility index (Phi) is 9.47. The summed E-state index contributed by atoms with van der Waals surface area (Å²) in [5.41, 5.74) is 2.16. The molecular weight excluding hydrogens is 486 g/mol. The highest BCUT2D eigenvalue weighted by molar-refractivity contribution is 7.92. The Labute approximate surface area is 220 Å². The van der Waals surface area contributed by atoms with Crippen molar-refractivity contribution in [3.8, 4) is 0 Å². The van der Waals surface area contributed by atoms with Crippen LogP contribution in [0, 0.1) is 6.92 Å². The quantitative estimate of drug-likeness (QED) is 0.410. The fraction of sp³-hybridized carbons (Fsp3) is 0.310. The molecule has 0 radical (unpaired) electrons. The average molecular weight is 522 g/mol. The van der Waals surface area contributed by atoms with Gasteiger partial charge in [0.25, 0.3) is 10.0 Å². The van der Waals surface area contributed by atoms with Crippen LogP contribution in [-0.4, -0.2) is 50.3 Å². The van der Waals surface area contributed by atoms with E-state index < -0.39 is 28.5 Å². The average Bonchev–Trinajstić information content (AvgIpc) is 2.88. The maximum atomic E-state index is 13.8. The van der Waals surface area contributed by atoms with E-state index in [1.165, 1.54) is 17.0 Å². The van der Waals surface area contributed by atoms with Gasteiger partial charge in [0, 0.05) is 12.6 Å². The number of benzene rings is 3. The zero-order valence-electron chi connectivity index (χ0n) is 21.8. The molecule has 8 heteroatoms. The van der Waals surface area contributed by atoms with Gasteiger partial charge < -0.3 is 10.2 Å². The van der Waals surface area contributed by atoms with Crippen molar-refractivity contribution < 1.29 is 18.0 Å². The maximum Gasteiger partial charge on any atom is 0.264 e. The van der Waals surface area contributed by atoms with E-state index in [0.29, 0.717) is 12.1 Å². The summed E-state index contributed by atoms with van der Waals surface area (Å²) < 4.78 is 28.6. The zero-order valence-corrected chi connectivity index (χ0v) is 22.6. The van der Waals surface area contributed by atoms with Crippen LogP contribution in [0.15, 0.2) is 89.8 Å². The van der Waals surface area contributed by atoms with Gasteiger partial charge in [0.2, 0.25) is 11.8 Å². The number of para-hydroxylation sites is 1. The van der Waals surface area contributed by atoms with Crippen LogP contribution in [0.4, 0.5) is 5.69 Å². The topological polar surface area (TPSA) is 86.8 Å². The molecule has 0 saturated heterocycles. The first-order valence-electron chi connectivity index (χ1n) is 12.4. The molecule has 0 aliphatic carbocycles. The molecular formula is C29H35N3O4S. The Morgan fingerprint density at radius 2 is 1.41 bits per heavy atom. The number of hydrogen-bond acceptors (Lipinski definition) is 4. The molecule has 0 fully saturated rings. The number of amides is 2. The second-order valence-electron chi connectivity index (χ2n) is 9.27. The molecule has 37 heavy (non-hydrogen) atoms. The van der Waals surface area contributed by atoms with E-state index in [1.54, 1.807) is 50.2 Å². The maximum absolute atomic E-state index is 13.8. The molecule has 0 bridgehead atoms. The smallest absolute Gasteiger partial charge is 0.264 e. The molecule has 7 nitrogen and oxygen atoms in total. The third-order valence-electron chi connectivity index (χ3n) is 6.08. The van der Waals surface area contributed by atoms with Crippen LogP contribution >= 0.6 is 0 Å². The minimum Gasteiger partial charge on any atom is -0.352 e. The van der Waals surface area contributed by atoms with Crippen LogP contribution in [0.2, 0.25) is 0 Å². The fourth-order valence-corrected chi connectivity index (χ4v) is 5.55. The zero-order chi connectivity index (χ0) is 27.0. The summed E-state index contributed by atoms with van der Waals surface area (Å²) >= 11 is 0. The molecule has 0 saturated carbocycles. The lowest BCUT2D eigenvalue weighted by atomic mass is 10.1. The van der Waals surface area contributed by atoms with Crippen molar-refractivity contribution >= 4 is 27.5 Å². The SMILES string of the molecule is Cc1ccccc1N(CC(=O)N(CCc1ccccc1)[C@H](C)C(=O)NC(C)C)S(=O)(=O)c1ccccc1. The minimum absolute atomic E-state index is 0.0903. The number of carbonyl (C=O) groups is 2. The first kappa shape index (κ1) is 27.9. The molecule has 0 spiro atoms. The molecule has 3 aromatic rings. The van der Waals surface area contributed by atoms with Gasteiger partial charge in [-0.1, -0.05) is 66.7 Å². The summed E-state index contributed by atoms with van der Waals surface area (Å²) in [5.74, 6) is -0.741. The number of nitrogens with one attached hydrogen (secondary N) is 1. The first-order chi connectivity index (χ1) is 17.6. The van der Waals surface area contributed by atoms with Gasteiger partial charge in [-0.2, -0.15) is 0 Å². The molecule has 0 unspecified atom stereocenters. The van der Waals surface area contributed by atoms with E-state index >= 15 is 0 Å². The molecule has 3 aromatic carbocycles. The van der Waals surface area contributed by atoms with Gasteiger partial charge in [0.15, 0.2) is 0 Å². The van der Waals surface area contributed by atoms with E-state index in [2.05, 4.69) is 5.32 Å². The van der Waals surface area contributed by atoms with Crippen molar-refractivity contribution in [2.24, 2.45) is 0 Å². The summed E-state index contributed by atoms with van der Waals surface area (Å²) in [6, 6.07) is 23.9. The van der Waals surface area contributed by atoms with Gasteiger partial charge in [-0.05, 0) is 63.4 Å². The van der Waals surface area contributed by atoms with E-state index in [1.807, 2.05) is 50.2 Å². The van der Waals surface area contributed by atoms with Gasteiger partial charge >= 0.3 is 0 Å². The lowest BCUT2D eigenvalue weighted by Gasteiger charge is -2.32. The Balaban J connectivity index is 1.97. The molecule has 0 heterocycles. The van der Waals surface area contributed by atoms with Gasteiger partial charge in [0.05, 0.1) is 10.6 Å². The van der Waals surface area contributed by atoms with Crippen molar-refractivity contribution in [1.82, 2.24) is 10.2 Å². The summed E-state index contributed by atoms with van der Waals surface area (Å²) in [6.07, 6.45) is 0.529. The van der Waals surface area contributed by atoms with E-state index in [-0.39, 0.29) is 23.4 Å². The number of nitrogens with zero attached hydrogens (tertiary/aromatic N) is 2. The Bertz CT molecular complexity index is 1290. The van der Waals surface area contributed by atoms with Crippen LogP contribution in [-0.2, 0) is 26.0 Å². The highest BCUT2D eigenvalue weighted by Gasteiger charge is 2.32. The van der Waals surface area contributed by atoms with Gasteiger partial charge in [-0.25, -0.2) is 8.42 Å². The number of rotatable bonds is 11. The number of aryl methyl sites for hydroxylation is 1. The van der Waals surface area contributed by atoms with Crippen molar-refractivity contribution in [1.29, 1.82) is 0 Å². The molecule has 1 atom stereocenters. The standard InChI is InChI=1S/C29H35N3O4S/c1-22(2)30-29(34)24(4)31(20-19-25-14-7-5-8-15-25)28(33)21-32(27-18-12-11-13-23(27)3)37(35,36)26-16-9-6-10-17-26/h5-18,22,24H,19-21H2,1-4H3,(H,30,34)/t24-/m1/s1. The van der Waals surface area contributed by atoms with Gasteiger partial charge in [0.1, 0.15) is 12.6 Å². The molecule has 2 amide bonds. The second kappa shape index (κ2) is 12.5. The molecule has 0 aliphatic heterocycles. The van der Waals surface area contributed by atoms with E-state index in [4.69, 9.17) is 0 Å². The van der Waals surface area contributed by atoms with Crippen molar-refractivity contribution in [3.05, 3.63) is 96.1 Å². The predicted octanol–water partition coefficient (Wildman–Crippen LogP) is 4.17. The molecule has 196 valence electrons. The van der Waals surface area contributed by atoms with E-state index in [0.717, 1.165) is 15.4 Å². The Hall–Kier alpha value is -3.65. The Morgan fingerprint density at radius 3 is 2.00 bits per heavy atom. The fourth-order valence-electron chi connectivity index (χ4n) is 4.05. The normalized spacial score (nSPS) is 12.1. The summed E-state index contributed by atoms with van der Waals surface area (Å²) in [4.78, 5) is 28.3. The molecule has 0 aliphatic rings. The highest BCUT2D eigenvalue weighted by atomic mass is 32.2. The van der Waals surface area contributed by atoms with Gasteiger partial charge in [-0.15, -0.1) is 0 Å². The number of anilines is 1. The van der Waals surface area contributed by atoms with E-state index in [9.17, 15) is 18.0 Å². The van der Waals surface area contributed by atoms with Crippen molar-refractivity contribution in [2.75, 3.05) is 17.4 Å². The molecule has 3 rings (SSSR count). The predicted molar refractivity (Wildman–Crippen MR) is 147 cm³/mol. The summed E-state index contributed by atoms with van der Waals surface area (Å²) in [6.45, 7) is 7.02.